The van der Waals surface area contributed by atoms with Crippen LogP contribution in [0.15, 0.2) is 42.2 Å². The number of aryl methyl sites for hydroxylation is 1. The van der Waals surface area contributed by atoms with Crippen molar-refractivity contribution >= 4 is 23.2 Å². The van der Waals surface area contributed by atoms with Crippen molar-refractivity contribution in [1.29, 1.82) is 0 Å². The average molecular weight is 454 g/mol. The molecule has 3 aromatic rings. The van der Waals surface area contributed by atoms with E-state index in [-0.39, 0.29) is 11.5 Å². The molecule has 2 N–H and O–H groups in total. The molecule has 1 aliphatic rings. The lowest BCUT2D eigenvalue weighted by Gasteiger charge is -2.29. The highest BCUT2D eigenvalue weighted by atomic mass is 32.1. The van der Waals surface area contributed by atoms with Crippen LogP contribution in [0, 0.1) is 11.8 Å². The first-order valence-electron chi connectivity index (χ1n) is 11.0. The third-order valence-electron chi connectivity index (χ3n) is 6.02. The zero-order valence-corrected chi connectivity index (χ0v) is 18.6. The molecule has 1 aromatic carbocycles. The number of aromatic carboxylic acids is 1. The fourth-order valence-corrected chi connectivity index (χ4v) is 4.97. The number of carboxylic acids is 1. The minimum Gasteiger partial charge on any atom is -0.478 e. The molecule has 1 fully saturated rings. The summed E-state index contributed by atoms with van der Waals surface area (Å²) >= 11 is 1.55. The van der Waals surface area contributed by atoms with Crippen molar-refractivity contribution in [2.75, 3.05) is 6.54 Å². The first-order valence-corrected chi connectivity index (χ1v) is 11.8. The minimum absolute atomic E-state index is 0.0298. The van der Waals surface area contributed by atoms with Gasteiger partial charge in [0.05, 0.1) is 22.1 Å². The number of rotatable bonds is 9. The van der Waals surface area contributed by atoms with E-state index in [1.165, 1.54) is 0 Å². The van der Waals surface area contributed by atoms with Gasteiger partial charge >= 0.3 is 5.97 Å². The van der Waals surface area contributed by atoms with Crippen LogP contribution in [-0.4, -0.2) is 43.5 Å². The second-order valence-electron chi connectivity index (χ2n) is 8.36. The number of hydrogen-bond acceptors (Lipinski definition) is 6. The standard InChI is InChI=1S/C23H27N5O3S/c29-22(9-8-18-6-1-2-7-19(18)23(30)31)25-11-16-4-3-5-17(10-16)13-28-14-20(26-27-28)21-12-24-15-32-21/h1-2,6-7,12,14-17H,3-5,8-11,13H2,(H,25,29)(H,30,31)/t16-,17+/m1/s1. The molecule has 32 heavy (non-hydrogen) atoms. The van der Waals surface area contributed by atoms with Crippen LogP contribution in [0.2, 0.25) is 0 Å². The Morgan fingerprint density at radius 1 is 1.22 bits per heavy atom. The maximum absolute atomic E-state index is 12.3. The van der Waals surface area contributed by atoms with Gasteiger partial charge in [-0.05, 0) is 49.1 Å². The lowest BCUT2D eigenvalue weighted by Crippen LogP contribution is -2.32. The second kappa shape index (κ2) is 10.5. The number of carbonyl (C=O) groups excluding carboxylic acids is 1. The highest BCUT2D eigenvalue weighted by Gasteiger charge is 2.23. The number of amides is 1. The maximum Gasteiger partial charge on any atom is 0.335 e. The topological polar surface area (TPSA) is 110 Å². The monoisotopic (exact) mass is 453 g/mol. The van der Waals surface area contributed by atoms with Crippen LogP contribution in [0.4, 0.5) is 0 Å². The Morgan fingerprint density at radius 2 is 2.06 bits per heavy atom. The molecular weight excluding hydrogens is 426 g/mol. The van der Waals surface area contributed by atoms with Gasteiger partial charge in [0.25, 0.3) is 0 Å². The van der Waals surface area contributed by atoms with Gasteiger partial charge < -0.3 is 10.4 Å². The molecule has 4 rings (SSSR count). The van der Waals surface area contributed by atoms with Crippen molar-refractivity contribution in [1.82, 2.24) is 25.3 Å². The highest BCUT2D eigenvalue weighted by Crippen LogP contribution is 2.30. The third-order valence-corrected chi connectivity index (χ3v) is 6.81. The molecule has 2 atom stereocenters. The smallest absolute Gasteiger partial charge is 0.335 e. The van der Waals surface area contributed by atoms with E-state index in [2.05, 4.69) is 20.6 Å². The van der Waals surface area contributed by atoms with Gasteiger partial charge in [-0.1, -0.05) is 29.8 Å². The molecule has 0 saturated heterocycles. The lowest BCUT2D eigenvalue weighted by molar-refractivity contribution is -0.121. The van der Waals surface area contributed by atoms with E-state index in [0.717, 1.165) is 42.8 Å². The van der Waals surface area contributed by atoms with E-state index in [9.17, 15) is 14.7 Å². The fourth-order valence-electron chi connectivity index (χ4n) is 4.40. The summed E-state index contributed by atoms with van der Waals surface area (Å²) in [6, 6.07) is 6.85. The lowest BCUT2D eigenvalue weighted by atomic mass is 9.81. The average Bonchev–Trinajstić information content (AvgIpc) is 3.49. The summed E-state index contributed by atoms with van der Waals surface area (Å²) in [7, 11) is 0. The van der Waals surface area contributed by atoms with Crippen LogP contribution in [0.3, 0.4) is 0 Å². The molecule has 9 heteroatoms. The van der Waals surface area contributed by atoms with Crippen LogP contribution in [-0.2, 0) is 17.8 Å². The van der Waals surface area contributed by atoms with E-state index in [4.69, 9.17) is 0 Å². The van der Waals surface area contributed by atoms with Crippen LogP contribution in [0.5, 0.6) is 0 Å². The molecule has 2 heterocycles. The molecule has 0 radical (unpaired) electrons. The largest absolute Gasteiger partial charge is 0.478 e. The Morgan fingerprint density at radius 3 is 2.88 bits per heavy atom. The van der Waals surface area contributed by atoms with E-state index in [1.807, 2.05) is 10.9 Å². The van der Waals surface area contributed by atoms with Crippen molar-refractivity contribution < 1.29 is 14.7 Å². The normalized spacial score (nSPS) is 18.4. The second-order valence-corrected chi connectivity index (χ2v) is 9.24. The summed E-state index contributed by atoms with van der Waals surface area (Å²) in [6.07, 6.45) is 8.97. The summed E-state index contributed by atoms with van der Waals surface area (Å²) in [6.45, 7) is 1.50. The minimum atomic E-state index is -0.958. The quantitative estimate of drug-likeness (QED) is 0.512. The van der Waals surface area contributed by atoms with E-state index in [0.29, 0.717) is 36.8 Å². The Hall–Kier alpha value is -3.07. The number of thiazole rings is 1. The van der Waals surface area contributed by atoms with Gasteiger partial charge in [-0.15, -0.1) is 16.4 Å². The molecule has 8 nitrogen and oxygen atoms in total. The third kappa shape index (κ3) is 5.79. The summed E-state index contributed by atoms with van der Waals surface area (Å²) in [4.78, 5) is 28.8. The molecule has 0 unspecified atom stereocenters. The predicted octanol–water partition coefficient (Wildman–Crippen LogP) is 3.66. The predicted molar refractivity (Wildman–Crippen MR) is 121 cm³/mol. The van der Waals surface area contributed by atoms with Crippen LogP contribution in [0.1, 0.15) is 48.0 Å². The number of nitrogens with zero attached hydrogens (tertiary/aromatic N) is 4. The van der Waals surface area contributed by atoms with Gasteiger partial charge in [-0.2, -0.15) is 0 Å². The first kappa shape index (κ1) is 22.1. The van der Waals surface area contributed by atoms with Gasteiger partial charge in [0.1, 0.15) is 5.69 Å². The molecule has 168 valence electrons. The van der Waals surface area contributed by atoms with Gasteiger partial charge in [0.2, 0.25) is 5.91 Å². The number of nitrogens with one attached hydrogen (secondary N) is 1. The number of aromatic nitrogens is 4. The Kier molecular flexibility index (Phi) is 7.26. The van der Waals surface area contributed by atoms with Crippen molar-refractivity contribution in [3.05, 3.63) is 53.3 Å². The summed E-state index contributed by atoms with van der Waals surface area (Å²) in [5.74, 6) is -0.0174. The summed E-state index contributed by atoms with van der Waals surface area (Å²) < 4.78 is 1.92. The van der Waals surface area contributed by atoms with Gasteiger partial charge in [-0.3, -0.25) is 14.5 Å². The summed E-state index contributed by atoms with van der Waals surface area (Å²) in [5, 5.41) is 20.9. The molecular formula is C23H27N5O3S. The molecule has 1 saturated carbocycles. The number of benzene rings is 1. The van der Waals surface area contributed by atoms with E-state index in [1.54, 1.807) is 47.3 Å². The van der Waals surface area contributed by atoms with Crippen molar-refractivity contribution in [2.45, 2.75) is 45.1 Å². The van der Waals surface area contributed by atoms with Gasteiger partial charge in [0.15, 0.2) is 0 Å². The van der Waals surface area contributed by atoms with Crippen LogP contribution < -0.4 is 5.32 Å². The SMILES string of the molecule is O=C(CCc1ccccc1C(=O)O)NC[C@@H]1CCC[C@H](Cn2cc(-c3cncs3)nn2)C1. The Labute approximate surface area is 190 Å². The van der Waals surface area contributed by atoms with Crippen LogP contribution >= 0.6 is 11.3 Å². The van der Waals surface area contributed by atoms with E-state index >= 15 is 0 Å². The van der Waals surface area contributed by atoms with Gasteiger partial charge in [0, 0.05) is 25.7 Å². The Balaban J connectivity index is 1.22. The van der Waals surface area contributed by atoms with Crippen LogP contribution in [0.25, 0.3) is 10.6 Å². The number of carboxylic acid groups (broad SMARTS) is 1. The van der Waals surface area contributed by atoms with Gasteiger partial charge in [-0.25, -0.2) is 4.79 Å². The number of hydrogen-bond donors (Lipinski definition) is 2. The summed E-state index contributed by atoms with van der Waals surface area (Å²) in [5.41, 5.74) is 3.61. The molecule has 0 aliphatic heterocycles. The fraction of sp³-hybridized carbons (Fsp3) is 0.435. The maximum atomic E-state index is 12.3. The molecule has 0 bridgehead atoms. The first-order chi connectivity index (χ1) is 15.6. The molecule has 1 aliphatic carbocycles. The highest BCUT2D eigenvalue weighted by molar-refractivity contribution is 7.13. The zero-order valence-electron chi connectivity index (χ0n) is 17.8. The molecule has 1 amide bonds. The van der Waals surface area contributed by atoms with Crippen molar-refractivity contribution in [2.24, 2.45) is 11.8 Å². The zero-order chi connectivity index (χ0) is 22.3. The van der Waals surface area contributed by atoms with E-state index < -0.39 is 5.97 Å². The van der Waals surface area contributed by atoms with Crippen molar-refractivity contribution in [3.8, 4) is 10.6 Å². The molecule has 2 aromatic heterocycles. The Bertz CT molecular complexity index is 1050. The molecule has 0 spiro atoms. The van der Waals surface area contributed by atoms with Crippen molar-refractivity contribution in [3.63, 3.8) is 0 Å². The number of carbonyl (C=O) groups is 2.